The van der Waals surface area contributed by atoms with E-state index in [9.17, 15) is 0 Å². The first-order valence-electron chi connectivity index (χ1n) is 31.5. The fourth-order valence-corrected chi connectivity index (χ4v) is 13.9. The molecule has 0 radical (unpaired) electrons. The lowest BCUT2D eigenvalue weighted by Crippen LogP contribution is -2.00. The first kappa shape index (κ1) is 53.1. The average molecular weight is 1200 g/mol. The van der Waals surface area contributed by atoms with E-state index in [1.54, 1.807) is 0 Å². The highest BCUT2D eigenvalue weighted by atomic mass is 16.3. The van der Waals surface area contributed by atoms with Gasteiger partial charge in [0, 0.05) is 43.8 Å². The van der Waals surface area contributed by atoms with Gasteiger partial charge in [0.1, 0.15) is 22.3 Å². The fourth-order valence-electron chi connectivity index (χ4n) is 13.9. The number of fused-ring (bicyclic) bond motifs is 12. The maximum atomic E-state index is 6.86. The van der Waals surface area contributed by atoms with Gasteiger partial charge in [-0.15, -0.1) is 0 Å². The molecule has 4 heterocycles. The quantitative estimate of drug-likeness (QED) is 0.132. The summed E-state index contributed by atoms with van der Waals surface area (Å²) in [6, 6.07) is 106. The lowest BCUT2D eigenvalue weighted by molar-refractivity contribution is 0.669. The minimum Gasteiger partial charge on any atom is -0.455 e. The van der Waals surface area contributed by atoms with Crippen LogP contribution in [0.2, 0.25) is 0 Å². The zero-order valence-corrected chi connectivity index (χ0v) is 50.4. The van der Waals surface area contributed by atoms with E-state index in [4.69, 9.17) is 38.7 Å². The minimum absolute atomic E-state index is 0.531. The Kier molecular flexibility index (Phi) is 12.1. The van der Waals surface area contributed by atoms with Crippen LogP contribution in [0.4, 0.5) is 0 Å². The molecule has 0 atom stereocenters. The number of hydrogen-bond donors (Lipinski definition) is 0. The first-order valence-corrected chi connectivity index (χ1v) is 31.5. The fraction of sp³-hybridized carbons (Fsp3) is 0. The molecule has 94 heavy (non-hydrogen) atoms. The molecule has 0 bridgehead atoms. The van der Waals surface area contributed by atoms with Gasteiger partial charge in [0.2, 0.25) is 0 Å². The summed E-state index contributed by atoms with van der Waals surface area (Å²) < 4.78 is 13.7. The number of benzene rings is 15. The first-order chi connectivity index (χ1) is 46.5. The van der Waals surface area contributed by atoms with Crippen molar-refractivity contribution in [3.05, 3.63) is 303 Å². The molecule has 0 aliphatic carbocycles. The topological polar surface area (TPSA) is 104 Å². The van der Waals surface area contributed by atoms with E-state index in [0.29, 0.717) is 34.9 Å². The molecule has 8 nitrogen and oxygen atoms in total. The lowest BCUT2D eigenvalue weighted by atomic mass is 9.88. The molecule has 8 heteroatoms. The van der Waals surface area contributed by atoms with Crippen molar-refractivity contribution < 1.29 is 8.83 Å². The summed E-state index contributed by atoms with van der Waals surface area (Å²) in [6.07, 6.45) is 0. The third-order valence-corrected chi connectivity index (χ3v) is 18.5. The molecule has 0 aliphatic heterocycles. The molecular weight excluding hydrogens is 1150 g/mol. The van der Waals surface area contributed by atoms with E-state index in [1.807, 2.05) is 66.7 Å². The van der Waals surface area contributed by atoms with Gasteiger partial charge in [-0.25, -0.2) is 29.9 Å². The van der Waals surface area contributed by atoms with Crippen LogP contribution in [0.15, 0.2) is 312 Å². The van der Waals surface area contributed by atoms with Crippen LogP contribution in [-0.2, 0) is 0 Å². The summed E-state index contributed by atoms with van der Waals surface area (Å²) in [6.45, 7) is 0. The Hall–Kier alpha value is -12.8. The summed E-state index contributed by atoms with van der Waals surface area (Å²) in [5.74, 6) is 3.42. The van der Waals surface area contributed by atoms with E-state index in [-0.39, 0.29) is 0 Å². The molecule has 0 aliphatic rings. The van der Waals surface area contributed by atoms with Crippen molar-refractivity contribution in [2.24, 2.45) is 0 Å². The van der Waals surface area contributed by atoms with E-state index in [1.165, 1.54) is 21.9 Å². The predicted molar refractivity (Wildman–Crippen MR) is 384 cm³/mol. The Morgan fingerprint density at radius 2 is 0.574 bits per heavy atom. The molecule has 0 saturated carbocycles. The number of aromatic nitrogens is 6. The minimum atomic E-state index is 0.531. The van der Waals surface area contributed by atoms with Gasteiger partial charge in [-0.3, -0.25) is 0 Å². The molecule has 436 valence electrons. The third-order valence-electron chi connectivity index (χ3n) is 18.5. The Morgan fingerprint density at radius 1 is 0.181 bits per heavy atom. The maximum absolute atomic E-state index is 6.86. The van der Waals surface area contributed by atoms with Gasteiger partial charge in [-0.1, -0.05) is 243 Å². The van der Waals surface area contributed by atoms with Gasteiger partial charge in [-0.05, 0) is 148 Å². The second kappa shape index (κ2) is 21.4. The zero-order chi connectivity index (χ0) is 61.8. The average Bonchev–Trinajstić information content (AvgIpc) is 1.56. The molecule has 15 aromatic carbocycles. The van der Waals surface area contributed by atoms with Gasteiger partial charge >= 0.3 is 0 Å². The smallest absolute Gasteiger partial charge is 0.167 e. The second-order valence-electron chi connectivity index (χ2n) is 24.1. The van der Waals surface area contributed by atoms with E-state index in [2.05, 4.69) is 237 Å². The van der Waals surface area contributed by atoms with Gasteiger partial charge in [-0.2, -0.15) is 0 Å². The van der Waals surface area contributed by atoms with Crippen molar-refractivity contribution in [3.63, 3.8) is 0 Å². The Bertz CT molecular complexity index is 6220. The van der Waals surface area contributed by atoms with E-state index >= 15 is 0 Å². The van der Waals surface area contributed by atoms with Crippen LogP contribution in [0, 0.1) is 0 Å². The van der Waals surface area contributed by atoms with Crippen LogP contribution in [-0.4, -0.2) is 29.9 Å². The molecule has 0 fully saturated rings. The van der Waals surface area contributed by atoms with Crippen LogP contribution in [0.3, 0.4) is 0 Å². The number of hydrogen-bond acceptors (Lipinski definition) is 8. The Morgan fingerprint density at radius 3 is 1.17 bits per heavy atom. The Labute approximate surface area is 538 Å². The summed E-state index contributed by atoms with van der Waals surface area (Å²) in [5, 5.41) is 15.4. The van der Waals surface area contributed by atoms with Crippen molar-refractivity contribution in [2.45, 2.75) is 0 Å². The van der Waals surface area contributed by atoms with Crippen LogP contribution in [0.25, 0.3) is 199 Å². The highest BCUT2D eigenvalue weighted by Crippen LogP contribution is 2.45. The second-order valence-corrected chi connectivity index (χ2v) is 24.1. The SMILES string of the molecule is c1ccc(-c2ccc3cc4oc5c(-c6nc(-c7ccc(-c8cccc9c(-c%10ccc%11cc%12oc%13c(-c%14nc(-c%15ccccc%15)nc(-c%15ccccc%15)n%14)cccc%13c%12cc%11c%10)cc%10ccccc%10c89)cc7)nc(-c7ccc8ccccc8c7)n6)cccc5c4cc3c2)cc1. The molecule has 19 aromatic rings. The van der Waals surface area contributed by atoms with E-state index < -0.39 is 0 Å². The standard InChI is InChI=1S/C86H50N6O2/c1-4-17-51(18-5-1)58-38-39-59-49-76-74(47-64(59)44-58)69-29-16-32-72(80(69)93-76)86-91-83(88-84(92-86)63-42-33-52-19-10-11-24-57(52)43-63)56-36-34-53(35-37-56)66-27-14-28-68-73(46-61-25-12-13-26-67(61)78(66)68)62-41-40-60-50-77-75(48-65(60)45-62)70-30-15-31-71(79(70)94-77)85-89-81(54-20-6-2-7-21-54)87-82(90-85)55-22-8-3-9-23-55/h1-50H. The lowest BCUT2D eigenvalue weighted by Gasteiger charge is -2.16. The Balaban J connectivity index is 0.706. The number of furan rings is 2. The third kappa shape index (κ3) is 8.99. The van der Waals surface area contributed by atoms with Crippen LogP contribution in [0.5, 0.6) is 0 Å². The molecule has 0 spiro atoms. The van der Waals surface area contributed by atoms with Crippen LogP contribution < -0.4 is 0 Å². The summed E-state index contributed by atoms with van der Waals surface area (Å²) >= 11 is 0. The highest BCUT2D eigenvalue weighted by Gasteiger charge is 2.22. The molecular formula is C86H50N6O2. The summed E-state index contributed by atoms with van der Waals surface area (Å²) in [4.78, 5) is 30.9. The maximum Gasteiger partial charge on any atom is 0.167 e. The molecule has 19 rings (SSSR count). The molecule has 0 amide bonds. The number of rotatable bonds is 9. The van der Waals surface area contributed by atoms with Gasteiger partial charge in [0.25, 0.3) is 0 Å². The molecule has 4 aromatic heterocycles. The van der Waals surface area contributed by atoms with Crippen molar-refractivity contribution >= 4 is 97.7 Å². The van der Waals surface area contributed by atoms with Crippen molar-refractivity contribution in [1.29, 1.82) is 0 Å². The van der Waals surface area contributed by atoms with Gasteiger partial charge in [0.15, 0.2) is 34.9 Å². The predicted octanol–water partition coefficient (Wildman–Crippen LogP) is 22.6. The van der Waals surface area contributed by atoms with Gasteiger partial charge < -0.3 is 8.83 Å². The van der Waals surface area contributed by atoms with Crippen LogP contribution >= 0.6 is 0 Å². The number of nitrogens with zero attached hydrogens (tertiary/aromatic N) is 6. The van der Waals surface area contributed by atoms with Crippen molar-refractivity contribution in [1.82, 2.24) is 29.9 Å². The largest absolute Gasteiger partial charge is 0.455 e. The van der Waals surface area contributed by atoms with Crippen molar-refractivity contribution in [3.8, 4) is 102 Å². The molecule has 0 unspecified atom stereocenters. The molecule has 0 N–H and O–H groups in total. The van der Waals surface area contributed by atoms with Crippen molar-refractivity contribution in [2.75, 3.05) is 0 Å². The summed E-state index contributed by atoms with van der Waals surface area (Å²) in [5.41, 5.74) is 15.1. The zero-order valence-electron chi connectivity index (χ0n) is 50.4. The van der Waals surface area contributed by atoms with E-state index in [0.717, 1.165) is 143 Å². The monoisotopic (exact) mass is 1200 g/mol. The van der Waals surface area contributed by atoms with Crippen LogP contribution in [0.1, 0.15) is 0 Å². The molecule has 0 saturated heterocycles. The number of para-hydroxylation sites is 2. The normalized spacial score (nSPS) is 11.8. The van der Waals surface area contributed by atoms with Gasteiger partial charge in [0.05, 0.1) is 11.1 Å². The highest BCUT2D eigenvalue weighted by molar-refractivity contribution is 6.20. The summed E-state index contributed by atoms with van der Waals surface area (Å²) in [7, 11) is 0.